The predicted octanol–water partition coefficient (Wildman–Crippen LogP) is 0.575. The van der Waals surface area contributed by atoms with Gasteiger partial charge in [0.05, 0.1) is 17.4 Å². The van der Waals surface area contributed by atoms with Crippen molar-refractivity contribution in [1.29, 1.82) is 0 Å². The van der Waals surface area contributed by atoms with E-state index in [1.54, 1.807) is 10.9 Å². The number of carbonyl (C=O) groups is 3. The van der Waals surface area contributed by atoms with E-state index < -0.39 is 11.9 Å². The molecule has 2 amide bonds. The number of carboxylic acids is 1. The first-order valence-corrected chi connectivity index (χ1v) is 7.74. The van der Waals surface area contributed by atoms with Crippen molar-refractivity contribution in [3.8, 4) is 0 Å². The van der Waals surface area contributed by atoms with Crippen LogP contribution < -0.4 is 10.6 Å². The Morgan fingerprint density at radius 1 is 1.20 bits per heavy atom. The molecule has 134 valence electrons. The van der Waals surface area contributed by atoms with Gasteiger partial charge in [-0.05, 0) is 20.8 Å². The minimum Gasteiger partial charge on any atom is -0.480 e. The first kappa shape index (κ1) is 18.2. The number of carbonyl (C=O) groups excluding carboxylic acids is 2. The number of aromatic nitrogens is 4. The van der Waals surface area contributed by atoms with Crippen LogP contribution in [0.15, 0.2) is 18.6 Å². The summed E-state index contributed by atoms with van der Waals surface area (Å²) in [7, 11) is 0. The van der Waals surface area contributed by atoms with Crippen molar-refractivity contribution in [2.24, 2.45) is 0 Å². The lowest BCUT2D eigenvalue weighted by atomic mass is 10.3. The number of amides is 2. The third-order valence-electron chi connectivity index (χ3n) is 3.16. The Labute approximate surface area is 143 Å². The molecule has 0 saturated carbocycles. The topological polar surface area (TPSA) is 131 Å². The lowest BCUT2D eigenvalue weighted by Gasteiger charge is -2.08. The van der Waals surface area contributed by atoms with E-state index in [1.807, 2.05) is 20.8 Å². The molecule has 2 heterocycles. The summed E-state index contributed by atoms with van der Waals surface area (Å²) in [5, 5.41) is 22.1. The van der Waals surface area contributed by atoms with Gasteiger partial charge in [0, 0.05) is 25.0 Å². The van der Waals surface area contributed by atoms with Gasteiger partial charge in [0.15, 0.2) is 5.69 Å². The highest BCUT2D eigenvalue weighted by Crippen LogP contribution is 2.15. The molecule has 10 heteroatoms. The van der Waals surface area contributed by atoms with E-state index >= 15 is 0 Å². The van der Waals surface area contributed by atoms with Crippen LogP contribution in [0.1, 0.15) is 41.6 Å². The van der Waals surface area contributed by atoms with E-state index in [0.29, 0.717) is 6.54 Å². The second kappa shape index (κ2) is 7.60. The molecule has 3 N–H and O–H groups in total. The first-order chi connectivity index (χ1) is 11.8. The third kappa shape index (κ3) is 4.66. The molecular weight excluding hydrogens is 328 g/mol. The van der Waals surface area contributed by atoms with Gasteiger partial charge >= 0.3 is 5.97 Å². The van der Waals surface area contributed by atoms with Crippen LogP contribution in [0.2, 0.25) is 0 Å². The zero-order valence-corrected chi connectivity index (χ0v) is 14.2. The van der Waals surface area contributed by atoms with Gasteiger partial charge in [-0.1, -0.05) is 0 Å². The zero-order valence-electron chi connectivity index (χ0n) is 14.2. The second-order valence-corrected chi connectivity index (χ2v) is 5.65. The molecule has 0 aliphatic carbocycles. The van der Waals surface area contributed by atoms with Crippen molar-refractivity contribution in [2.45, 2.75) is 39.9 Å². The Morgan fingerprint density at radius 3 is 2.52 bits per heavy atom. The van der Waals surface area contributed by atoms with Crippen LogP contribution in [-0.2, 0) is 17.9 Å². The normalized spacial score (nSPS) is 10.7. The molecule has 25 heavy (non-hydrogen) atoms. The van der Waals surface area contributed by atoms with Crippen LogP contribution in [0.5, 0.6) is 0 Å². The van der Waals surface area contributed by atoms with Crippen LogP contribution in [0, 0.1) is 0 Å². The fourth-order valence-corrected chi connectivity index (χ4v) is 2.07. The maximum atomic E-state index is 12.3. The zero-order chi connectivity index (χ0) is 18.6. The van der Waals surface area contributed by atoms with Crippen LogP contribution >= 0.6 is 0 Å². The van der Waals surface area contributed by atoms with Gasteiger partial charge < -0.3 is 15.7 Å². The number of rotatable bonds is 7. The number of carboxylic acid groups (broad SMARTS) is 1. The molecule has 2 aromatic heterocycles. The maximum absolute atomic E-state index is 12.3. The average molecular weight is 348 g/mol. The monoisotopic (exact) mass is 348 g/mol. The van der Waals surface area contributed by atoms with Crippen molar-refractivity contribution in [3.05, 3.63) is 29.8 Å². The van der Waals surface area contributed by atoms with Gasteiger partial charge in [0.25, 0.3) is 11.8 Å². The second-order valence-electron chi connectivity index (χ2n) is 5.65. The summed E-state index contributed by atoms with van der Waals surface area (Å²) in [5.74, 6) is -1.96. The summed E-state index contributed by atoms with van der Waals surface area (Å²) in [5.41, 5.74) is 0.568. The maximum Gasteiger partial charge on any atom is 0.325 e. The summed E-state index contributed by atoms with van der Waals surface area (Å²) in [6.45, 7) is 5.70. The van der Waals surface area contributed by atoms with E-state index in [1.165, 1.54) is 12.4 Å². The van der Waals surface area contributed by atoms with Gasteiger partial charge in [-0.2, -0.15) is 10.2 Å². The molecule has 2 rings (SSSR count). The minimum absolute atomic E-state index is 0.0721. The molecule has 0 radical (unpaired) electrons. The third-order valence-corrected chi connectivity index (χ3v) is 3.16. The fraction of sp³-hybridized carbons (Fsp3) is 0.400. The predicted molar refractivity (Wildman–Crippen MR) is 88.3 cm³/mol. The number of hydrogen-bond acceptors (Lipinski definition) is 5. The first-order valence-electron chi connectivity index (χ1n) is 7.74. The highest BCUT2D eigenvalue weighted by Gasteiger charge is 2.20. The van der Waals surface area contributed by atoms with E-state index in [2.05, 4.69) is 20.8 Å². The van der Waals surface area contributed by atoms with Gasteiger partial charge in [0.1, 0.15) is 6.54 Å². The molecule has 0 saturated heterocycles. The lowest BCUT2D eigenvalue weighted by molar-refractivity contribution is -0.137. The van der Waals surface area contributed by atoms with Crippen molar-refractivity contribution < 1.29 is 19.5 Å². The van der Waals surface area contributed by atoms with Crippen molar-refractivity contribution >= 4 is 23.5 Å². The van der Waals surface area contributed by atoms with E-state index in [4.69, 9.17) is 5.11 Å². The Balaban J connectivity index is 2.19. The van der Waals surface area contributed by atoms with Crippen molar-refractivity contribution in [3.63, 3.8) is 0 Å². The Morgan fingerprint density at radius 2 is 1.92 bits per heavy atom. The van der Waals surface area contributed by atoms with Gasteiger partial charge in [-0.15, -0.1) is 0 Å². The number of aliphatic carboxylic acids is 1. The largest absolute Gasteiger partial charge is 0.480 e. The van der Waals surface area contributed by atoms with Gasteiger partial charge in [-0.25, -0.2) is 0 Å². The minimum atomic E-state index is -1.06. The van der Waals surface area contributed by atoms with Crippen LogP contribution in [0.3, 0.4) is 0 Å². The number of aryl methyl sites for hydroxylation is 1. The molecule has 0 aromatic carbocycles. The number of hydrogen-bond donors (Lipinski definition) is 3. The van der Waals surface area contributed by atoms with Gasteiger partial charge in [-0.3, -0.25) is 23.7 Å². The molecule has 0 fully saturated rings. The highest BCUT2D eigenvalue weighted by atomic mass is 16.4. The van der Waals surface area contributed by atoms with Crippen LogP contribution in [-0.4, -0.2) is 48.5 Å². The number of nitrogens with zero attached hydrogens (tertiary/aromatic N) is 4. The Kier molecular flexibility index (Phi) is 5.52. The van der Waals surface area contributed by atoms with Gasteiger partial charge in [0.2, 0.25) is 0 Å². The molecule has 0 aliphatic heterocycles. The standard InChI is InChI=1S/C15H20N6O4/c1-4-20-7-11(13(19-20)15(25)17-9(2)3)18-14(24)10-5-16-21(6-10)8-12(22)23/h5-7,9H,4,8H2,1-3H3,(H,17,25)(H,18,24)(H,22,23). The molecule has 0 unspecified atom stereocenters. The SMILES string of the molecule is CCn1cc(NC(=O)c2cnn(CC(=O)O)c2)c(C(=O)NC(C)C)n1. The summed E-state index contributed by atoms with van der Waals surface area (Å²) >= 11 is 0. The van der Waals surface area contributed by atoms with E-state index in [0.717, 1.165) is 4.68 Å². The summed E-state index contributed by atoms with van der Waals surface area (Å²) < 4.78 is 2.68. The molecule has 0 aliphatic rings. The fourth-order valence-electron chi connectivity index (χ4n) is 2.07. The lowest BCUT2D eigenvalue weighted by Crippen LogP contribution is -2.31. The summed E-state index contributed by atoms with van der Waals surface area (Å²) in [6, 6.07) is -0.0721. The van der Waals surface area contributed by atoms with Crippen molar-refractivity contribution in [2.75, 3.05) is 5.32 Å². The number of nitrogens with one attached hydrogen (secondary N) is 2. The number of anilines is 1. The summed E-state index contributed by atoms with van der Waals surface area (Å²) in [4.78, 5) is 35.2. The molecule has 0 bridgehead atoms. The molecule has 0 spiro atoms. The Bertz CT molecular complexity index is 792. The quantitative estimate of drug-likeness (QED) is 0.670. The summed E-state index contributed by atoms with van der Waals surface area (Å²) in [6.07, 6.45) is 4.15. The van der Waals surface area contributed by atoms with Crippen LogP contribution in [0.4, 0.5) is 5.69 Å². The van der Waals surface area contributed by atoms with E-state index in [-0.39, 0.29) is 35.4 Å². The molecule has 10 nitrogen and oxygen atoms in total. The van der Waals surface area contributed by atoms with Crippen molar-refractivity contribution in [1.82, 2.24) is 24.9 Å². The molecule has 2 aromatic rings. The van der Waals surface area contributed by atoms with E-state index in [9.17, 15) is 14.4 Å². The molecule has 0 atom stereocenters. The highest BCUT2D eigenvalue weighted by molar-refractivity contribution is 6.08. The smallest absolute Gasteiger partial charge is 0.325 e. The molecular formula is C15H20N6O4. The average Bonchev–Trinajstić information content (AvgIpc) is 3.12. The Hall–Kier alpha value is -3.17. The van der Waals surface area contributed by atoms with Crippen LogP contribution in [0.25, 0.3) is 0 Å².